The predicted molar refractivity (Wildman–Crippen MR) is 117 cm³/mol. The van der Waals surface area contributed by atoms with Crippen molar-refractivity contribution in [2.75, 3.05) is 0 Å². The fourth-order valence-corrected chi connectivity index (χ4v) is 4.08. The van der Waals surface area contributed by atoms with Gasteiger partial charge in [0.15, 0.2) is 5.69 Å². The van der Waals surface area contributed by atoms with Gasteiger partial charge in [0.05, 0.1) is 10.6 Å². The maximum Gasteiger partial charge on any atom is 0.296 e. The van der Waals surface area contributed by atoms with Crippen molar-refractivity contribution >= 4 is 17.1 Å². The van der Waals surface area contributed by atoms with E-state index in [9.17, 15) is 10.1 Å². The van der Waals surface area contributed by atoms with Crippen LogP contribution in [0.15, 0.2) is 107 Å². The zero-order valence-corrected chi connectivity index (χ0v) is 16.0. The lowest BCUT2D eigenvalue weighted by Crippen LogP contribution is -1.98. The summed E-state index contributed by atoms with van der Waals surface area (Å²) in [5, 5.41) is 19.7. The average Bonchev–Trinajstić information content (AvgIpc) is 3.12. The number of para-hydroxylation sites is 1. The summed E-state index contributed by atoms with van der Waals surface area (Å²) in [7, 11) is 0. The third kappa shape index (κ3) is 3.06. The number of fused-ring (bicyclic) bond motifs is 3. The van der Waals surface area contributed by atoms with Crippen LogP contribution in [-0.2, 0) is 0 Å². The smallest absolute Gasteiger partial charge is 0.258 e. The second-order valence-electron chi connectivity index (χ2n) is 7.15. The van der Waals surface area contributed by atoms with E-state index in [1.165, 1.54) is 33.9 Å². The van der Waals surface area contributed by atoms with Gasteiger partial charge in [-0.05, 0) is 46.0 Å². The Labute approximate surface area is 173 Å². The van der Waals surface area contributed by atoms with Crippen molar-refractivity contribution in [2.45, 2.75) is 5.92 Å². The third-order valence-electron chi connectivity index (χ3n) is 5.39. The maximum atomic E-state index is 11.2. The molecule has 5 rings (SSSR count). The van der Waals surface area contributed by atoms with Crippen LogP contribution in [0.5, 0.6) is 0 Å². The van der Waals surface area contributed by atoms with Crippen LogP contribution in [0.25, 0.3) is 11.1 Å². The molecule has 0 saturated carbocycles. The fourth-order valence-electron chi connectivity index (χ4n) is 4.08. The Balaban J connectivity index is 1.59. The first-order valence-corrected chi connectivity index (χ1v) is 9.66. The Morgan fingerprint density at radius 1 is 0.700 bits per heavy atom. The van der Waals surface area contributed by atoms with Crippen molar-refractivity contribution in [3.05, 3.63) is 124 Å². The summed E-state index contributed by atoms with van der Waals surface area (Å²) in [5.41, 5.74) is 6.92. The number of nitro groups is 1. The van der Waals surface area contributed by atoms with Crippen LogP contribution in [0.4, 0.5) is 17.1 Å². The van der Waals surface area contributed by atoms with Crippen LogP contribution in [0.3, 0.4) is 0 Å². The molecule has 0 aliphatic heterocycles. The van der Waals surface area contributed by atoms with E-state index in [2.05, 4.69) is 52.7 Å². The summed E-state index contributed by atoms with van der Waals surface area (Å²) < 4.78 is 0. The first kappa shape index (κ1) is 17.9. The molecule has 0 heterocycles. The number of rotatable bonds is 4. The first-order valence-electron chi connectivity index (χ1n) is 9.66. The second kappa shape index (κ2) is 7.37. The van der Waals surface area contributed by atoms with Crippen molar-refractivity contribution in [3.63, 3.8) is 0 Å². The normalized spacial score (nSPS) is 14.5. The SMILES string of the molecule is O=[N+]([O-])c1ccccc1/N=N/c1ccc2c(c1)C(c1ccccc1)c1ccccc1-2. The maximum absolute atomic E-state index is 11.2. The minimum atomic E-state index is -0.445. The number of benzene rings is 4. The zero-order valence-electron chi connectivity index (χ0n) is 16.0. The van der Waals surface area contributed by atoms with Gasteiger partial charge in [0, 0.05) is 12.0 Å². The number of hydrogen-bond donors (Lipinski definition) is 0. The van der Waals surface area contributed by atoms with Gasteiger partial charge < -0.3 is 0 Å². The van der Waals surface area contributed by atoms with Crippen molar-refractivity contribution < 1.29 is 4.92 Å². The van der Waals surface area contributed by atoms with Gasteiger partial charge in [0.2, 0.25) is 0 Å². The fraction of sp³-hybridized carbons (Fsp3) is 0.0400. The molecular formula is C25H17N3O2. The van der Waals surface area contributed by atoms with Crippen molar-refractivity contribution in [3.8, 4) is 11.1 Å². The van der Waals surface area contributed by atoms with Gasteiger partial charge in [-0.3, -0.25) is 10.1 Å². The molecule has 0 saturated heterocycles. The van der Waals surface area contributed by atoms with E-state index < -0.39 is 4.92 Å². The average molecular weight is 391 g/mol. The molecule has 0 amide bonds. The van der Waals surface area contributed by atoms with E-state index in [-0.39, 0.29) is 17.3 Å². The van der Waals surface area contributed by atoms with Gasteiger partial charge in [-0.2, -0.15) is 5.11 Å². The van der Waals surface area contributed by atoms with Gasteiger partial charge in [-0.25, -0.2) is 0 Å². The quantitative estimate of drug-likeness (QED) is 0.185. The monoisotopic (exact) mass is 391 g/mol. The molecule has 0 aromatic heterocycles. The van der Waals surface area contributed by atoms with Crippen LogP contribution in [0.2, 0.25) is 0 Å². The summed E-state index contributed by atoms with van der Waals surface area (Å²) >= 11 is 0. The molecule has 30 heavy (non-hydrogen) atoms. The summed E-state index contributed by atoms with van der Waals surface area (Å²) in [6.45, 7) is 0. The first-order chi connectivity index (χ1) is 14.7. The summed E-state index contributed by atoms with van der Waals surface area (Å²) in [5.74, 6) is 0.124. The van der Waals surface area contributed by atoms with Gasteiger partial charge in [-0.15, -0.1) is 5.11 Å². The van der Waals surface area contributed by atoms with Crippen LogP contribution >= 0.6 is 0 Å². The lowest BCUT2D eigenvalue weighted by molar-refractivity contribution is -0.384. The van der Waals surface area contributed by atoms with Crippen molar-refractivity contribution in [2.24, 2.45) is 10.2 Å². The molecule has 0 radical (unpaired) electrons. The van der Waals surface area contributed by atoms with Crippen LogP contribution in [0.1, 0.15) is 22.6 Å². The standard InChI is InChI=1S/C25H17N3O2/c29-28(30)24-13-7-6-12-23(24)27-26-18-14-15-20-19-10-4-5-11-21(19)25(22(20)16-18)17-8-2-1-3-9-17/h1-16,25H/b27-26+. The summed E-state index contributed by atoms with van der Waals surface area (Å²) in [6, 6.07) is 31.2. The molecule has 0 spiro atoms. The molecule has 144 valence electrons. The second-order valence-corrected chi connectivity index (χ2v) is 7.15. The molecule has 5 heteroatoms. The molecule has 5 nitrogen and oxygen atoms in total. The highest BCUT2D eigenvalue weighted by atomic mass is 16.6. The highest BCUT2D eigenvalue weighted by molar-refractivity contribution is 5.82. The van der Waals surface area contributed by atoms with Gasteiger partial charge >= 0.3 is 0 Å². The summed E-state index contributed by atoms with van der Waals surface area (Å²) in [4.78, 5) is 10.8. The number of hydrogen-bond acceptors (Lipinski definition) is 4. The molecule has 0 bridgehead atoms. The Bertz CT molecular complexity index is 1280. The van der Waals surface area contributed by atoms with Gasteiger partial charge in [0.1, 0.15) is 0 Å². The molecular weight excluding hydrogens is 374 g/mol. The van der Waals surface area contributed by atoms with Crippen molar-refractivity contribution in [1.82, 2.24) is 0 Å². The molecule has 0 N–H and O–H groups in total. The predicted octanol–water partition coefficient (Wildman–Crippen LogP) is 7.17. The van der Waals surface area contributed by atoms with E-state index in [0.717, 1.165) is 0 Å². The Hall–Kier alpha value is -4.12. The third-order valence-corrected chi connectivity index (χ3v) is 5.39. The van der Waals surface area contributed by atoms with Gasteiger partial charge in [0.25, 0.3) is 5.69 Å². The Morgan fingerprint density at radius 2 is 1.40 bits per heavy atom. The van der Waals surface area contributed by atoms with E-state index in [1.807, 2.05) is 30.3 Å². The number of nitro benzene ring substituents is 1. The Morgan fingerprint density at radius 3 is 2.23 bits per heavy atom. The molecule has 1 aliphatic carbocycles. The largest absolute Gasteiger partial charge is 0.296 e. The van der Waals surface area contributed by atoms with E-state index in [0.29, 0.717) is 5.69 Å². The van der Waals surface area contributed by atoms with Crippen LogP contribution in [0, 0.1) is 10.1 Å². The lowest BCUT2D eigenvalue weighted by Gasteiger charge is -2.14. The lowest BCUT2D eigenvalue weighted by atomic mass is 9.89. The van der Waals surface area contributed by atoms with Crippen LogP contribution in [-0.4, -0.2) is 4.92 Å². The van der Waals surface area contributed by atoms with Gasteiger partial charge in [-0.1, -0.05) is 72.8 Å². The van der Waals surface area contributed by atoms with E-state index in [1.54, 1.807) is 18.2 Å². The molecule has 4 aromatic carbocycles. The highest BCUT2D eigenvalue weighted by Gasteiger charge is 2.29. The minimum absolute atomic E-state index is 0.0584. The van der Waals surface area contributed by atoms with Crippen molar-refractivity contribution in [1.29, 1.82) is 0 Å². The van der Waals surface area contributed by atoms with Crippen LogP contribution < -0.4 is 0 Å². The molecule has 1 aliphatic rings. The molecule has 1 atom stereocenters. The number of azo groups is 1. The summed E-state index contributed by atoms with van der Waals surface area (Å²) in [6.07, 6.45) is 0. The zero-order chi connectivity index (χ0) is 20.5. The highest BCUT2D eigenvalue weighted by Crippen LogP contribution is 2.49. The number of nitrogens with zero attached hydrogens (tertiary/aromatic N) is 3. The van der Waals surface area contributed by atoms with E-state index in [4.69, 9.17) is 0 Å². The topological polar surface area (TPSA) is 67.9 Å². The van der Waals surface area contributed by atoms with E-state index >= 15 is 0 Å². The molecule has 0 fully saturated rings. The molecule has 4 aromatic rings. The molecule has 1 unspecified atom stereocenters. The minimum Gasteiger partial charge on any atom is -0.258 e. The Kier molecular flexibility index (Phi) is 4.41.